The first-order valence-corrected chi connectivity index (χ1v) is 17.5. The second-order valence-electron chi connectivity index (χ2n) is 12.7. The largest absolute Gasteiger partial charge is 0.497 e. The summed E-state index contributed by atoms with van der Waals surface area (Å²) in [5, 5.41) is 13.6. The highest BCUT2D eigenvalue weighted by Crippen LogP contribution is 2.40. The van der Waals surface area contributed by atoms with E-state index < -0.39 is 11.7 Å². The van der Waals surface area contributed by atoms with Crippen molar-refractivity contribution in [1.29, 1.82) is 0 Å². The molecule has 2 aromatic carbocycles. The molecular formula is C38H54N6O4S. The summed E-state index contributed by atoms with van der Waals surface area (Å²) in [5.74, 6) is 1.45. The molecule has 5 rings (SSSR count). The summed E-state index contributed by atoms with van der Waals surface area (Å²) in [6, 6.07) is 18.0. The topological polar surface area (TPSA) is 139 Å². The van der Waals surface area contributed by atoms with Crippen LogP contribution in [0.15, 0.2) is 60.8 Å². The van der Waals surface area contributed by atoms with Crippen molar-refractivity contribution in [2.24, 2.45) is 5.73 Å². The fraction of sp³-hybridized carbons (Fsp3) is 0.474. The van der Waals surface area contributed by atoms with Gasteiger partial charge in [-0.3, -0.25) is 10.3 Å². The lowest BCUT2D eigenvalue weighted by Crippen LogP contribution is -2.42. The number of thiocarbonyl (C=S) groups is 1. The zero-order valence-corrected chi connectivity index (χ0v) is 30.7. The van der Waals surface area contributed by atoms with E-state index in [1.54, 1.807) is 13.3 Å². The molecule has 1 saturated carbocycles. The lowest BCUT2D eigenvalue weighted by Gasteiger charge is -2.40. The van der Waals surface area contributed by atoms with Gasteiger partial charge in [-0.2, -0.15) is 0 Å². The van der Waals surface area contributed by atoms with Crippen LogP contribution in [0.2, 0.25) is 0 Å². The Balaban J connectivity index is 0.000000207. The molecule has 1 amide bonds. The number of hydrogen-bond acceptors (Lipinski definition) is 8. The number of ether oxygens (including phenoxy) is 2. The highest BCUT2D eigenvalue weighted by molar-refractivity contribution is 7.80. The third kappa shape index (κ3) is 12.4. The molecule has 2 heterocycles. The van der Waals surface area contributed by atoms with Crippen LogP contribution in [0, 0.1) is 0 Å². The van der Waals surface area contributed by atoms with E-state index in [1.807, 2.05) is 37.3 Å². The minimum absolute atomic E-state index is 0.170. The number of aryl methyl sites for hydroxylation is 2. The number of H-pyrrole nitrogens is 1. The minimum Gasteiger partial charge on any atom is -0.497 e. The van der Waals surface area contributed by atoms with Crippen LogP contribution >= 0.6 is 12.2 Å². The quantitative estimate of drug-likeness (QED) is 0.119. The maximum atomic E-state index is 11.1. The molecule has 4 aromatic rings. The van der Waals surface area contributed by atoms with Crippen molar-refractivity contribution in [2.45, 2.75) is 83.2 Å². The summed E-state index contributed by atoms with van der Waals surface area (Å²) in [4.78, 5) is 25.1. The second kappa shape index (κ2) is 19.8. The van der Waals surface area contributed by atoms with Crippen molar-refractivity contribution in [2.75, 3.05) is 40.2 Å². The monoisotopic (exact) mass is 690 g/mol. The van der Waals surface area contributed by atoms with Crippen molar-refractivity contribution in [3.63, 3.8) is 0 Å². The Bertz CT molecular complexity index is 1600. The number of amides is 1. The molecule has 2 aromatic heterocycles. The van der Waals surface area contributed by atoms with E-state index in [-0.39, 0.29) is 5.92 Å². The van der Waals surface area contributed by atoms with E-state index >= 15 is 0 Å². The second-order valence-corrected chi connectivity index (χ2v) is 13.1. The number of fused-ring (bicyclic) bond motifs is 1. The van der Waals surface area contributed by atoms with Gasteiger partial charge in [0.15, 0.2) is 0 Å². The predicted octanol–water partition coefficient (Wildman–Crippen LogP) is 7.40. The van der Waals surface area contributed by atoms with Gasteiger partial charge in [-0.15, -0.1) is 0 Å². The van der Waals surface area contributed by atoms with Crippen LogP contribution in [-0.2, 0) is 17.6 Å². The molecule has 1 aliphatic carbocycles. The van der Waals surface area contributed by atoms with Crippen LogP contribution in [0.5, 0.6) is 5.75 Å². The number of likely N-dealkylation sites (N-methyl/N-ethyl adjacent to an activating group) is 1. The Morgan fingerprint density at radius 2 is 1.80 bits per heavy atom. The first-order chi connectivity index (χ1) is 23.5. The molecule has 0 bridgehead atoms. The fourth-order valence-electron chi connectivity index (χ4n) is 5.92. The number of anilines is 1. The van der Waals surface area contributed by atoms with Gasteiger partial charge >= 0.3 is 6.09 Å². The summed E-state index contributed by atoms with van der Waals surface area (Å²) in [6.45, 7) is 5.10. The van der Waals surface area contributed by atoms with Crippen LogP contribution in [0.25, 0.3) is 11.0 Å². The molecule has 266 valence electrons. The third-order valence-corrected chi connectivity index (χ3v) is 8.90. The molecule has 0 saturated heterocycles. The minimum atomic E-state index is -0.558. The van der Waals surface area contributed by atoms with E-state index in [9.17, 15) is 9.90 Å². The molecule has 49 heavy (non-hydrogen) atoms. The predicted molar refractivity (Wildman–Crippen MR) is 203 cm³/mol. The lowest BCUT2D eigenvalue weighted by atomic mass is 9.72. The molecule has 11 heteroatoms. The van der Waals surface area contributed by atoms with Crippen LogP contribution in [0.3, 0.4) is 0 Å². The summed E-state index contributed by atoms with van der Waals surface area (Å²) in [5.41, 5.74) is 11.0. The van der Waals surface area contributed by atoms with Gasteiger partial charge in [-0.05, 0) is 93.7 Å². The summed E-state index contributed by atoms with van der Waals surface area (Å²) in [7, 11) is 7.15. The molecule has 1 unspecified atom stereocenters. The van der Waals surface area contributed by atoms with Gasteiger partial charge in [-0.25, -0.2) is 9.78 Å². The van der Waals surface area contributed by atoms with Gasteiger partial charge < -0.3 is 30.2 Å². The summed E-state index contributed by atoms with van der Waals surface area (Å²) >= 11 is 4.82. The normalized spacial score (nSPS) is 14.1. The summed E-state index contributed by atoms with van der Waals surface area (Å²) in [6.07, 6.45) is 10.9. The number of nitrogens with zero attached hydrogens (tertiary/aromatic N) is 3. The summed E-state index contributed by atoms with van der Waals surface area (Å²) < 4.78 is 9.74. The van der Waals surface area contributed by atoms with E-state index in [0.717, 1.165) is 73.1 Å². The van der Waals surface area contributed by atoms with Crippen LogP contribution in [-0.4, -0.2) is 76.5 Å². The SMILES string of the molecule is CCCCc1ccc2nc(NC(=O)OC)[nH]c2c1.CCc1cc(C(N)=S)ccn1.COc1ccc(C(CN(C)C)C2(O)CCCCC2)cc1. The Morgan fingerprint density at radius 3 is 2.39 bits per heavy atom. The Kier molecular flexibility index (Phi) is 15.9. The molecule has 10 nitrogen and oxygen atoms in total. The zero-order chi connectivity index (χ0) is 35.8. The number of nitrogens with two attached hydrogens (primary N) is 1. The molecule has 0 spiro atoms. The number of carbonyl (C=O) groups excluding carboxylic acids is 1. The molecule has 5 N–H and O–H groups in total. The van der Waals surface area contributed by atoms with Crippen molar-refractivity contribution < 1.29 is 19.4 Å². The lowest BCUT2D eigenvalue weighted by molar-refractivity contribution is -0.0277. The Hall–Kier alpha value is -4.06. The molecule has 1 fully saturated rings. The highest BCUT2D eigenvalue weighted by Gasteiger charge is 2.38. The number of pyridine rings is 1. The van der Waals surface area contributed by atoms with E-state index in [1.165, 1.54) is 37.5 Å². The van der Waals surface area contributed by atoms with Gasteiger partial charge in [0.05, 0.1) is 30.9 Å². The van der Waals surface area contributed by atoms with Crippen molar-refractivity contribution in [3.8, 4) is 5.75 Å². The highest BCUT2D eigenvalue weighted by atomic mass is 32.1. The first-order valence-electron chi connectivity index (χ1n) is 17.1. The smallest absolute Gasteiger partial charge is 0.413 e. The number of benzene rings is 2. The number of aliphatic hydroxyl groups is 1. The molecule has 0 aliphatic heterocycles. The number of unbranched alkanes of at least 4 members (excludes halogenated alkanes) is 1. The van der Waals surface area contributed by atoms with Gasteiger partial charge in [0.1, 0.15) is 10.7 Å². The van der Waals surface area contributed by atoms with E-state index in [2.05, 4.69) is 75.2 Å². The zero-order valence-electron chi connectivity index (χ0n) is 29.9. The number of rotatable bonds is 11. The number of imidazole rings is 1. The van der Waals surface area contributed by atoms with Crippen LogP contribution in [0.4, 0.5) is 10.7 Å². The molecule has 1 atom stereocenters. The number of methoxy groups -OCH3 is 2. The Labute approximate surface area is 296 Å². The van der Waals surface area contributed by atoms with Crippen molar-refractivity contribution in [1.82, 2.24) is 19.9 Å². The fourth-order valence-corrected chi connectivity index (χ4v) is 6.05. The number of carbonyl (C=O) groups is 1. The standard InChI is InChI=1S/C17H27NO2.C13H17N3O2.C8H10N2S/c1-18(2)13-16(17(19)11-5-4-6-12-17)14-7-9-15(20-3)10-8-14;1-3-4-5-9-6-7-10-11(8-9)15-12(14-10)16-13(17)18-2;1-2-7-5-6(8(9)11)3-4-10-7/h7-10,16,19H,4-6,11-13H2,1-3H3;6-8H,3-5H2,1-2H3,(H2,14,15,16,17);3-5H,2H2,1H3,(H2,9,11). The van der Waals surface area contributed by atoms with Gasteiger partial charge in [0, 0.05) is 29.9 Å². The van der Waals surface area contributed by atoms with Gasteiger partial charge in [0.25, 0.3) is 0 Å². The molecule has 1 aliphatic rings. The molecule has 0 radical (unpaired) electrons. The average molecular weight is 691 g/mol. The van der Waals surface area contributed by atoms with Crippen molar-refractivity contribution >= 4 is 40.3 Å². The first kappa shape index (κ1) is 39.4. The number of hydrogen-bond donors (Lipinski definition) is 4. The van der Waals surface area contributed by atoms with E-state index in [4.69, 9.17) is 22.7 Å². The maximum Gasteiger partial charge on any atom is 0.413 e. The maximum absolute atomic E-state index is 11.1. The Morgan fingerprint density at radius 1 is 1.08 bits per heavy atom. The third-order valence-electron chi connectivity index (χ3n) is 8.67. The van der Waals surface area contributed by atoms with E-state index in [0.29, 0.717) is 10.9 Å². The van der Waals surface area contributed by atoms with Gasteiger partial charge in [-0.1, -0.05) is 69.9 Å². The average Bonchev–Trinajstić information content (AvgIpc) is 3.52. The molecular weight excluding hydrogens is 637 g/mol. The van der Waals surface area contributed by atoms with Crippen LogP contribution in [0.1, 0.15) is 87.1 Å². The van der Waals surface area contributed by atoms with Gasteiger partial charge in [0.2, 0.25) is 5.95 Å². The number of nitrogens with one attached hydrogen (secondary N) is 2. The number of aromatic amines is 1. The van der Waals surface area contributed by atoms with Crippen molar-refractivity contribution in [3.05, 3.63) is 83.2 Å². The number of aromatic nitrogens is 3. The van der Waals surface area contributed by atoms with Crippen LogP contribution < -0.4 is 15.8 Å².